The molecule has 0 aliphatic carbocycles. The number of rotatable bonds is 6. The second-order valence-corrected chi connectivity index (χ2v) is 5.91. The molecule has 0 aliphatic heterocycles. The van der Waals surface area contributed by atoms with E-state index in [-0.39, 0.29) is 11.9 Å². The topological polar surface area (TPSA) is 39.2 Å². The van der Waals surface area contributed by atoms with Gasteiger partial charge in [0.1, 0.15) is 0 Å². The van der Waals surface area contributed by atoms with Crippen molar-refractivity contribution in [3.8, 4) is 0 Å². The summed E-state index contributed by atoms with van der Waals surface area (Å²) in [5.74, 6) is -0.0671. The number of pyridine rings is 1. The Morgan fingerprint density at radius 2 is 2.05 bits per heavy atom. The van der Waals surface area contributed by atoms with Crippen LogP contribution in [0.5, 0.6) is 0 Å². The van der Waals surface area contributed by atoms with Crippen molar-refractivity contribution in [3.63, 3.8) is 0 Å². The van der Waals surface area contributed by atoms with E-state index >= 15 is 0 Å². The predicted octanol–water partition coefficient (Wildman–Crippen LogP) is 4.67. The van der Waals surface area contributed by atoms with Crippen LogP contribution in [0.4, 0.5) is 0 Å². The highest BCUT2D eigenvalue weighted by Crippen LogP contribution is 2.27. The van der Waals surface area contributed by atoms with E-state index in [9.17, 15) is 4.79 Å². The number of esters is 1. The maximum absolute atomic E-state index is 11.4. The van der Waals surface area contributed by atoms with Gasteiger partial charge >= 0.3 is 5.97 Å². The third-order valence-electron chi connectivity index (χ3n) is 3.49. The molecular formula is C17H17Cl2NO2. The number of nitrogens with zero attached hydrogens (tertiary/aromatic N) is 1. The van der Waals surface area contributed by atoms with Gasteiger partial charge in [0.15, 0.2) is 0 Å². The molecular weight excluding hydrogens is 321 g/mol. The van der Waals surface area contributed by atoms with E-state index in [4.69, 9.17) is 27.9 Å². The van der Waals surface area contributed by atoms with Crippen LogP contribution in [0, 0.1) is 0 Å². The van der Waals surface area contributed by atoms with Crippen LogP contribution in [0.3, 0.4) is 0 Å². The minimum Gasteiger partial charge on any atom is -0.469 e. The summed E-state index contributed by atoms with van der Waals surface area (Å²) in [5.41, 5.74) is 2.02. The Kier molecular flexibility index (Phi) is 6.22. The van der Waals surface area contributed by atoms with Crippen LogP contribution >= 0.6 is 23.2 Å². The van der Waals surface area contributed by atoms with Crippen molar-refractivity contribution >= 4 is 29.2 Å². The summed E-state index contributed by atoms with van der Waals surface area (Å²) in [4.78, 5) is 15.8. The maximum atomic E-state index is 11.4. The molecule has 2 aromatic rings. The van der Waals surface area contributed by atoms with Crippen LogP contribution in [-0.2, 0) is 16.0 Å². The number of carbonyl (C=O) groups excluding carboxylic acids is 1. The van der Waals surface area contributed by atoms with Crippen LogP contribution in [0.25, 0.3) is 0 Å². The quantitative estimate of drug-likeness (QED) is 0.719. The van der Waals surface area contributed by atoms with Crippen molar-refractivity contribution in [1.29, 1.82) is 0 Å². The summed E-state index contributed by atoms with van der Waals surface area (Å²) < 4.78 is 4.73. The Labute approximate surface area is 140 Å². The fraction of sp³-hybridized carbons (Fsp3) is 0.294. The maximum Gasteiger partial charge on any atom is 0.305 e. The first-order valence-electron chi connectivity index (χ1n) is 7.01. The van der Waals surface area contributed by atoms with Crippen molar-refractivity contribution in [3.05, 3.63) is 63.9 Å². The van der Waals surface area contributed by atoms with E-state index in [1.807, 2.05) is 36.4 Å². The highest BCUT2D eigenvalue weighted by Gasteiger charge is 2.16. The van der Waals surface area contributed by atoms with Gasteiger partial charge in [0.25, 0.3) is 0 Å². The highest BCUT2D eigenvalue weighted by atomic mass is 35.5. The van der Waals surface area contributed by atoms with Gasteiger partial charge in [0, 0.05) is 23.3 Å². The minimum atomic E-state index is -0.212. The van der Waals surface area contributed by atoms with Gasteiger partial charge in [-0.2, -0.15) is 0 Å². The molecule has 1 aromatic heterocycles. The van der Waals surface area contributed by atoms with Crippen LogP contribution in [0.2, 0.25) is 10.0 Å². The van der Waals surface area contributed by atoms with Crippen LogP contribution in [0.15, 0.2) is 42.6 Å². The molecule has 0 fully saturated rings. The minimum absolute atomic E-state index is 0.145. The molecule has 22 heavy (non-hydrogen) atoms. The van der Waals surface area contributed by atoms with Crippen LogP contribution in [-0.4, -0.2) is 18.1 Å². The van der Waals surface area contributed by atoms with Crippen molar-refractivity contribution in [2.75, 3.05) is 7.11 Å². The first-order chi connectivity index (χ1) is 10.6. The lowest BCUT2D eigenvalue weighted by atomic mass is 9.90. The Hall–Kier alpha value is -1.58. The monoisotopic (exact) mass is 337 g/mol. The molecule has 0 N–H and O–H groups in total. The van der Waals surface area contributed by atoms with Crippen molar-refractivity contribution in [1.82, 2.24) is 4.98 Å². The average molecular weight is 338 g/mol. The molecule has 0 saturated heterocycles. The van der Waals surface area contributed by atoms with Gasteiger partial charge in [-0.15, -0.1) is 0 Å². The fourth-order valence-corrected chi connectivity index (χ4v) is 2.63. The second kappa shape index (κ2) is 8.16. The van der Waals surface area contributed by atoms with E-state index in [0.29, 0.717) is 29.3 Å². The van der Waals surface area contributed by atoms with Crippen LogP contribution < -0.4 is 0 Å². The molecule has 0 amide bonds. The standard InChI is InChI=1S/C17H17Cl2NO2/c1-22-17(21)8-5-13(12-3-2-4-14(18)9-12)10-16-7-6-15(19)11-20-16/h2-4,6-7,9,11,13H,5,8,10H2,1H3. The van der Waals surface area contributed by atoms with Gasteiger partial charge in [-0.25, -0.2) is 0 Å². The Morgan fingerprint density at radius 3 is 2.68 bits per heavy atom. The first kappa shape index (κ1) is 16.8. The zero-order chi connectivity index (χ0) is 15.9. The van der Waals surface area contributed by atoms with E-state index < -0.39 is 0 Å². The molecule has 1 aromatic carbocycles. The zero-order valence-corrected chi connectivity index (χ0v) is 13.8. The number of hydrogen-bond donors (Lipinski definition) is 0. The molecule has 5 heteroatoms. The molecule has 0 bridgehead atoms. The summed E-state index contributed by atoms with van der Waals surface area (Å²) in [5, 5.41) is 1.29. The predicted molar refractivity (Wildman–Crippen MR) is 88.4 cm³/mol. The van der Waals surface area contributed by atoms with Crippen molar-refractivity contribution in [2.24, 2.45) is 0 Å². The zero-order valence-electron chi connectivity index (χ0n) is 12.3. The molecule has 3 nitrogen and oxygen atoms in total. The number of hydrogen-bond acceptors (Lipinski definition) is 3. The Balaban J connectivity index is 2.17. The van der Waals surface area contributed by atoms with Gasteiger partial charge in [0.05, 0.1) is 12.1 Å². The molecule has 1 unspecified atom stereocenters. The van der Waals surface area contributed by atoms with E-state index in [0.717, 1.165) is 11.3 Å². The number of ether oxygens (including phenoxy) is 1. The third-order valence-corrected chi connectivity index (χ3v) is 3.95. The van der Waals surface area contributed by atoms with E-state index in [1.165, 1.54) is 7.11 Å². The summed E-state index contributed by atoms with van der Waals surface area (Å²) >= 11 is 11.9. The summed E-state index contributed by atoms with van der Waals surface area (Å²) in [6, 6.07) is 11.4. The molecule has 116 valence electrons. The molecule has 1 heterocycles. The number of aromatic nitrogens is 1. The van der Waals surface area contributed by atoms with E-state index in [1.54, 1.807) is 6.20 Å². The van der Waals surface area contributed by atoms with Crippen molar-refractivity contribution in [2.45, 2.75) is 25.2 Å². The molecule has 1 atom stereocenters. The Morgan fingerprint density at radius 1 is 1.23 bits per heavy atom. The number of carbonyl (C=O) groups is 1. The molecule has 2 rings (SSSR count). The third kappa shape index (κ3) is 5.00. The van der Waals surface area contributed by atoms with Gasteiger partial charge in [-0.3, -0.25) is 9.78 Å². The normalized spacial score (nSPS) is 12.0. The largest absolute Gasteiger partial charge is 0.469 e. The lowest BCUT2D eigenvalue weighted by molar-refractivity contribution is -0.140. The fourth-order valence-electron chi connectivity index (χ4n) is 2.32. The second-order valence-electron chi connectivity index (χ2n) is 5.04. The number of benzene rings is 1. The number of halogens is 2. The molecule has 0 spiro atoms. The van der Waals surface area contributed by atoms with Gasteiger partial charge in [0.2, 0.25) is 0 Å². The van der Waals surface area contributed by atoms with E-state index in [2.05, 4.69) is 4.98 Å². The molecule has 0 saturated carbocycles. The van der Waals surface area contributed by atoms with Crippen molar-refractivity contribution < 1.29 is 9.53 Å². The summed E-state index contributed by atoms with van der Waals surface area (Å²) in [6.45, 7) is 0. The smallest absolute Gasteiger partial charge is 0.305 e. The van der Waals surface area contributed by atoms with Crippen LogP contribution in [0.1, 0.15) is 30.0 Å². The highest BCUT2D eigenvalue weighted by molar-refractivity contribution is 6.30. The molecule has 0 aliphatic rings. The summed E-state index contributed by atoms with van der Waals surface area (Å²) in [7, 11) is 1.40. The first-order valence-corrected chi connectivity index (χ1v) is 7.77. The molecule has 0 radical (unpaired) electrons. The summed E-state index contributed by atoms with van der Waals surface area (Å²) in [6.07, 6.45) is 3.39. The lowest BCUT2D eigenvalue weighted by Gasteiger charge is -2.17. The Bertz CT molecular complexity index is 629. The van der Waals surface area contributed by atoms with Gasteiger partial charge < -0.3 is 4.74 Å². The number of methoxy groups -OCH3 is 1. The SMILES string of the molecule is COC(=O)CCC(Cc1ccc(Cl)cn1)c1cccc(Cl)c1. The van der Waals surface area contributed by atoms with Gasteiger partial charge in [-0.1, -0.05) is 35.3 Å². The van der Waals surface area contributed by atoms with Gasteiger partial charge in [-0.05, 0) is 48.6 Å². The average Bonchev–Trinajstić information content (AvgIpc) is 2.52. The lowest BCUT2D eigenvalue weighted by Crippen LogP contribution is -2.09.